The van der Waals surface area contributed by atoms with Crippen molar-refractivity contribution >= 4 is 21.2 Å². The number of thiazole rings is 1. The van der Waals surface area contributed by atoms with Gasteiger partial charge in [-0.05, 0) is 12.8 Å². The summed E-state index contributed by atoms with van der Waals surface area (Å²) in [5, 5.41) is 0.945. The van der Waals surface area contributed by atoms with E-state index in [1.54, 1.807) is 0 Å². The van der Waals surface area contributed by atoms with E-state index in [-0.39, 0.29) is 0 Å². The maximum absolute atomic E-state index is 11.7. The summed E-state index contributed by atoms with van der Waals surface area (Å²) in [5.74, 6) is 0.612. The third-order valence-corrected chi connectivity index (χ3v) is 6.11. The Balaban J connectivity index is 2.55. The third-order valence-electron chi connectivity index (χ3n) is 2.28. The van der Waals surface area contributed by atoms with Crippen molar-refractivity contribution in [1.29, 1.82) is 0 Å². The van der Waals surface area contributed by atoms with Gasteiger partial charge < -0.3 is 0 Å². The molecule has 14 heavy (non-hydrogen) atoms. The van der Waals surface area contributed by atoms with Crippen LogP contribution in [0.25, 0.3) is 0 Å². The van der Waals surface area contributed by atoms with E-state index in [4.69, 9.17) is 0 Å². The van der Waals surface area contributed by atoms with Crippen LogP contribution in [0.3, 0.4) is 0 Å². The molecule has 2 rings (SSSR count). The Morgan fingerprint density at radius 1 is 1.43 bits per heavy atom. The molecular formula is C9H13NO2S2. The SMILES string of the molecule is CC(C)c1nc2c(s1)S(=O)(=O)CCC2. The van der Waals surface area contributed by atoms with Gasteiger partial charge in [-0.1, -0.05) is 13.8 Å². The predicted molar refractivity (Wildman–Crippen MR) is 56.6 cm³/mol. The third kappa shape index (κ3) is 1.59. The molecule has 0 spiro atoms. The minimum absolute atomic E-state index is 0.291. The molecule has 0 aromatic carbocycles. The number of fused-ring (bicyclic) bond motifs is 1. The first-order chi connectivity index (χ1) is 6.50. The Morgan fingerprint density at radius 3 is 2.71 bits per heavy atom. The molecule has 2 heterocycles. The van der Waals surface area contributed by atoms with Gasteiger partial charge in [-0.25, -0.2) is 13.4 Å². The van der Waals surface area contributed by atoms with Crippen LogP contribution in [0.1, 0.15) is 36.9 Å². The highest BCUT2D eigenvalue weighted by molar-refractivity contribution is 7.93. The first-order valence-electron chi connectivity index (χ1n) is 4.73. The maximum atomic E-state index is 11.7. The summed E-state index contributed by atoms with van der Waals surface area (Å²) in [5.41, 5.74) is 0.796. The normalized spacial score (nSPS) is 19.6. The van der Waals surface area contributed by atoms with Gasteiger partial charge in [0.25, 0.3) is 0 Å². The van der Waals surface area contributed by atoms with Gasteiger partial charge in [-0.15, -0.1) is 11.3 Å². The number of hydrogen-bond donors (Lipinski definition) is 0. The average molecular weight is 231 g/mol. The standard InChI is InChI=1S/C9H13NO2S2/c1-6(2)8-10-7-4-3-5-14(11,12)9(7)13-8/h6H,3-5H2,1-2H3. The first-order valence-corrected chi connectivity index (χ1v) is 7.20. The van der Waals surface area contributed by atoms with Gasteiger partial charge in [0.2, 0.25) is 0 Å². The minimum atomic E-state index is -3.00. The second-order valence-electron chi connectivity index (χ2n) is 3.86. The lowest BCUT2D eigenvalue weighted by Gasteiger charge is -2.08. The van der Waals surface area contributed by atoms with Crippen molar-refractivity contribution in [2.75, 3.05) is 5.75 Å². The van der Waals surface area contributed by atoms with Crippen LogP contribution in [-0.2, 0) is 16.3 Å². The summed E-state index contributed by atoms with van der Waals surface area (Å²) in [7, 11) is -3.00. The Bertz CT molecular complexity index is 445. The van der Waals surface area contributed by atoms with Gasteiger partial charge in [0.1, 0.15) is 4.21 Å². The summed E-state index contributed by atoms with van der Waals surface area (Å²) in [6.07, 6.45) is 1.54. The highest BCUT2D eigenvalue weighted by Crippen LogP contribution is 2.33. The molecule has 0 radical (unpaired) electrons. The number of hydrogen-bond acceptors (Lipinski definition) is 4. The molecule has 0 saturated heterocycles. The summed E-state index contributed by atoms with van der Waals surface area (Å²) in [6.45, 7) is 4.08. The lowest BCUT2D eigenvalue weighted by Crippen LogP contribution is -2.13. The highest BCUT2D eigenvalue weighted by Gasteiger charge is 2.28. The van der Waals surface area contributed by atoms with E-state index in [2.05, 4.69) is 4.98 Å². The van der Waals surface area contributed by atoms with Gasteiger partial charge in [-0.3, -0.25) is 0 Å². The van der Waals surface area contributed by atoms with Crippen LogP contribution in [0.2, 0.25) is 0 Å². The molecule has 5 heteroatoms. The van der Waals surface area contributed by atoms with Gasteiger partial charge in [0, 0.05) is 5.92 Å². The molecule has 1 aromatic rings. The number of sulfone groups is 1. The fourth-order valence-corrected chi connectivity index (χ4v) is 4.60. The van der Waals surface area contributed by atoms with Crippen LogP contribution in [0, 0.1) is 0 Å². The van der Waals surface area contributed by atoms with Crippen molar-refractivity contribution in [3.63, 3.8) is 0 Å². The fourth-order valence-electron chi connectivity index (χ4n) is 1.53. The summed E-state index contributed by atoms with van der Waals surface area (Å²) in [4.78, 5) is 4.39. The van der Waals surface area contributed by atoms with E-state index >= 15 is 0 Å². The van der Waals surface area contributed by atoms with Crippen molar-refractivity contribution in [1.82, 2.24) is 4.98 Å². The first kappa shape index (κ1) is 10.1. The zero-order chi connectivity index (χ0) is 10.3. The molecule has 0 amide bonds. The van der Waals surface area contributed by atoms with Gasteiger partial charge in [-0.2, -0.15) is 0 Å². The second kappa shape index (κ2) is 3.31. The molecule has 1 aromatic heterocycles. The Hall–Kier alpha value is -0.420. The number of nitrogens with zero attached hydrogens (tertiary/aromatic N) is 1. The molecule has 0 atom stereocenters. The second-order valence-corrected chi connectivity index (χ2v) is 7.20. The minimum Gasteiger partial charge on any atom is -0.245 e. The van der Waals surface area contributed by atoms with E-state index in [9.17, 15) is 8.42 Å². The number of rotatable bonds is 1. The van der Waals surface area contributed by atoms with Crippen molar-refractivity contribution in [3.05, 3.63) is 10.7 Å². The Kier molecular flexibility index (Phi) is 2.39. The van der Waals surface area contributed by atoms with Crippen molar-refractivity contribution in [2.45, 2.75) is 36.8 Å². The molecule has 1 aliphatic heterocycles. The lowest BCUT2D eigenvalue weighted by atomic mass is 10.2. The Morgan fingerprint density at radius 2 is 2.14 bits per heavy atom. The molecule has 0 saturated carbocycles. The average Bonchev–Trinajstić information content (AvgIpc) is 2.48. The zero-order valence-corrected chi connectivity index (χ0v) is 9.91. The molecule has 0 unspecified atom stereocenters. The van der Waals surface area contributed by atoms with Crippen molar-refractivity contribution < 1.29 is 8.42 Å². The van der Waals surface area contributed by atoms with Gasteiger partial charge in [0.15, 0.2) is 9.84 Å². The van der Waals surface area contributed by atoms with Crippen LogP contribution in [-0.4, -0.2) is 19.2 Å². The van der Waals surface area contributed by atoms with Crippen LogP contribution >= 0.6 is 11.3 Å². The largest absolute Gasteiger partial charge is 0.245 e. The van der Waals surface area contributed by atoms with Crippen LogP contribution < -0.4 is 0 Å². The highest BCUT2D eigenvalue weighted by atomic mass is 32.2. The van der Waals surface area contributed by atoms with Crippen LogP contribution in [0.4, 0.5) is 0 Å². The van der Waals surface area contributed by atoms with E-state index in [1.807, 2.05) is 13.8 Å². The smallest absolute Gasteiger partial charge is 0.189 e. The maximum Gasteiger partial charge on any atom is 0.189 e. The molecule has 1 aliphatic rings. The van der Waals surface area contributed by atoms with Crippen LogP contribution in [0.15, 0.2) is 4.21 Å². The molecular weight excluding hydrogens is 218 g/mol. The molecule has 0 bridgehead atoms. The van der Waals surface area contributed by atoms with E-state index in [1.165, 1.54) is 11.3 Å². The number of aryl methyl sites for hydroxylation is 1. The van der Waals surface area contributed by atoms with Crippen molar-refractivity contribution in [2.24, 2.45) is 0 Å². The molecule has 3 nitrogen and oxygen atoms in total. The summed E-state index contributed by atoms with van der Waals surface area (Å²) in [6, 6.07) is 0. The topological polar surface area (TPSA) is 47.0 Å². The lowest BCUT2D eigenvalue weighted by molar-refractivity contribution is 0.588. The van der Waals surface area contributed by atoms with Gasteiger partial charge >= 0.3 is 0 Å². The zero-order valence-electron chi connectivity index (χ0n) is 8.28. The van der Waals surface area contributed by atoms with Crippen LogP contribution in [0.5, 0.6) is 0 Å². The summed E-state index contributed by atoms with van der Waals surface area (Å²) < 4.78 is 23.9. The molecule has 78 valence electrons. The monoisotopic (exact) mass is 231 g/mol. The quantitative estimate of drug-likeness (QED) is 0.742. The number of aromatic nitrogens is 1. The fraction of sp³-hybridized carbons (Fsp3) is 0.667. The Labute approximate surface area is 88.1 Å². The molecule has 0 aliphatic carbocycles. The van der Waals surface area contributed by atoms with Gasteiger partial charge in [0.05, 0.1) is 16.5 Å². The molecule has 0 fully saturated rings. The van der Waals surface area contributed by atoms with E-state index in [0.717, 1.165) is 23.5 Å². The summed E-state index contributed by atoms with van der Waals surface area (Å²) >= 11 is 1.35. The predicted octanol–water partition coefficient (Wildman–Crippen LogP) is 1.99. The van der Waals surface area contributed by atoms with E-state index < -0.39 is 9.84 Å². The van der Waals surface area contributed by atoms with Crippen molar-refractivity contribution in [3.8, 4) is 0 Å². The van der Waals surface area contributed by atoms with E-state index in [0.29, 0.717) is 15.9 Å². The molecule has 0 N–H and O–H groups in total.